The molecule has 5 heterocycles. The van der Waals surface area contributed by atoms with Crippen LogP contribution < -0.4 is 10.6 Å². The summed E-state index contributed by atoms with van der Waals surface area (Å²) >= 11 is 0. The lowest BCUT2D eigenvalue weighted by Gasteiger charge is -2.47. The van der Waals surface area contributed by atoms with Gasteiger partial charge in [-0.1, -0.05) is 32.6 Å². The lowest BCUT2D eigenvalue weighted by molar-refractivity contribution is -0.918. The number of imidazole rings is 1. The maximum Gasteiger partial charge on any atom is 0.410 e. The number of hydrogen-bond acceptors (Lipinski definition) is 8. The molecule has 2 aliphatic heterocycles. The molecule has 2 amide bonds. The van der Waals surface area contributed by atoms with Crippen LogP contribution in [-0.4, -0.2) is 112 Å². The average Bonchev–Trinajstić information content (AvgIpc) is 3.81. The maximum atomic E-state index is 15.9. The van der Waals surface area contributed by atoms with E-state index < -0.39 is 25.3 Å². The van der Waals surface area contributed by atoms with Gasteiger partial charge in [-0.3, -0.25) is 9.20 Å². The first-order valence-electron chi connectivity index (χ1n) is 22.2. The molecule has 2 aliphatic rings. The van der Waals surface area contributed by atoms with E-state index in [1.807, 2.05) is 45.9 Å². The number of rotatable bonds is 15. The molecular formula is C47H64F2N9O4Si+. The van der Waals surface area contributed by atoms with E-state index in [1.54, 1.807) is 51.6 Å². The summed E-state index contributed by atoms with van der Waals surface area (Å²) in [4.78, 5) is 36.8. The topological polar surface area (TPSA) is 128 Å². The summed E-state index contributed by atoms with van der Waals surface area (Å²) in [5, 5.41) is 11.0. The summed E-state index contributed by atoms with van der Waals surface area (Å²) in [5.41, 5.74) is 3.80. The molecule has 0 unspecified atom stereocenters. The van der Waals surface area contributed by atoms with Gasteiger partial charge in [0.25, 0.3) is 5.91 Å². The highest BCUT2D eigenvalue weighted by molar-refractivity contribution is 6.76. The van der Waals surface area contributed by atoms with Crippen molar-refractivity contribution in [2.45, 2.75) is 91.9 Å². The molecule has 3 aromatic heterocycles. The number of nitrogens with zero attached hydrogens (tertiary/aromatic N) is 7. The Bertz CT molecular complexity index is 2440. The SMILES string of the molecule is CCc1cc(Nc2nccn3c(-c4ccc(-c5cn(COCC[Si](C)(C)C)nc5C)c(F)c4F)cnc23)ccc1C(=O)NCC1CC[N+](C)(CC2CN(C(=O)OC(C)(C)C)C2)CC1. The second-order valence-electron chi connectivity index (χ2n) is 19.9. The molecular weight excluding hydrogens is 821 g/mol. The molecule has 0 aliphatic carbocycles. The molecule has 2 N–H and O–H groups in total. The van der Waals surface area contributed by atoms with Gasteiger partial charge in [0.05, 0.1) is 44.3 Å². The molecule has 0 atom stereocenters. The van der Waals surface area contributed by atoms with E-state index in [9.17, 15) is 9.59 Å². The highest BCUT2D eigenvalue weighted by atomic mass is 28.3. The van der Waals surface area contributed by atoms with Crippen LogP contribution >= 0.6 is 0 Å². The van der Waals surface area contributed by atoms with Crippen molar-refractivity contribution in [1.82, 2.24) is 34.4 Å². The van der Waals surface area contributed by atoms with Gasteiger partial charge in [0.15, 0.2) is 23.1 Å². The highest BCUT2D eigenvalue weighted by Gasteiger charge is 2.40. The number of aromatic nitrogens is 5. The average molecular weight is 885 g/mol. The van der Waals surface area contributed by atoms with Crippen molar-refractivity contribution >= 4 is 37.2 Å². The number of aryl methyl sites for hydroxylation is 2. The number of amides is 2. The van der Waals surface area contributed by atoms with Crippen molar-refractivity contribution < 1.29 is 32.3 Å². The third kappa shape index (κ3) is 11.0. The zero-order valence-electron chi connectivity index (χ0n) is 38.4. The normalized spacial score (nSPS) is 18.4. The van der Waals surface area contributed by atoms with Crippen LogP contribution in [0.2, 0.25) is 25.7 Å². The molecule has 0 spiro atoms. The summed E-state index contributed by atoms with van der Waals surface area (Å²) in [6, 6.07) is 9.77. The molecule has 13 nitrogen and oxygen atoms in total. The van der Waals surface area contributed by atoms with E-state index in [0.717, 1.165) is 67.3 Å². The van der Waals surface area contributed by atoms with Gasteiger partial charge in [-0.15, -0.1) is 0 Å². The van der Waals surface area contributed by atoms with Crippen LogP contribution in [-0.2, 0) is 22.6 Å². The number of fused-ring (bicyclic) bond motifs is 1. The van der Waals surface area contributed by atoms with Gasteiger partial charge in [-0.05, 0) is 75.9 Å². The predicted octanol–water partition coefficient (Wildman–Crippen LogP) is 8.92. The van der Waals surface area contributed by atoms with E-state index in [2.05, 4.69) is 52.4 Å². The minimum Gasteiger partial charge on any atom is -0.444 e. The Kier molecular flexibility index (Phi) is 13.5. The van der Waals surface area contributed by atoms with Crippen molar-refractivity contribution in [2.24, 2.45) is 11.8 Å². The van der Waals surface area contributed by atoms with Crippen LogP contribution in [0, 0.1) is 30.4 Å². The summed E-state index contributed by atoms with van der Waals surface area (Å²) in [5.74, 6) is -0.738. The number of anilines is 2. The van der Waals surface area contributed by atoms with Crippen molar-refractivity contribution in [1.29, 1.82) is 0 Å². The molecule has 0 bridgehead atoms. The van der Waals surface area contributed by atoms with E-state index in [4.69, 9.17) is 9.47 Å². The van der Waals surface area contributed by atoms with E-state index in [0.29, 0.717) is 65.4 Å². The molecule has 5 aromatic rings. The van der Waals surface area contributed by atoms with Crippen molar-refractivity contribution in [3.8, 4) is 22.4 Å². The molecule has 2 fully saturated rings. The lowest BCUT2D eigenvalue weighted by atomic mass is 9.92. The number of hydrogen-bond donors (Lipinski definition) is 2. The highest BCUT2D eigenvalue weighted by Crippen LogP contribution is 2.34. The number of piperidine rings is 1. The van der Waals surface area contributed by atoms with E-state index in [-0.39, 0.29) is 29.9 Å². The van der Waals surface area contributed by atoms with Gasteiger partial charge < -0.3 is 29.5 Å². The Balaban J connectivity index is 0.949. The van der Waals surface area contributed by atoms with E-state index >= 15 is 8.78 Å². The number of carbonyl (C=O) groups is 2. The first-order chi connectivity index (χ1) is 29.8. The minimum atomic E-state index is -1.24. The van der Waals surface area contributed by atoms with Gasteiger partial charge in [0, 0.05) is 99.6 Å². The van der Waals surface area contributed by atoms with Crippen LogP contribution in [0.5, 0.6) is 0 Å². The third-order valence-electron chi connectivity index (χ3n) is 12.2. The predicted molar refractivity (Wildman–Crippen MR) is 245 cm³/mol. The van der Waals surface area contributed by atoms with E-state index in [1.165, 1.54) is 6.20 Å². The molecule has 0 saturated carbocycles. The van der Waals surface area contributed by atoms with Crippen LogP contribution in [0.1, 0.15) is 62.2 Å². The molecule has 7 rings (SSSR count). The Morgan fingerprint density at radius 1 is 0.984 bits per heavy atom. The number of ether oxygens (including phenoxy) is 2. The Hall–Kier alpha value is -5.19. The third-order valence-corrected chi connectivity index (χ3v) is 14.0. The second-order valence-corrected chi connectivity index (χ2v) is 25.5. The van der Waals surface area contributed by atoms with Gasteiger partial charge in [-0.25, -0.2) is 28.2 Å². The Morgan fingerprint density at radius 3 is 2.40 bits per heavy atom. The molecule has 338 valence electrons. The monoisotopic (exact) mass is 884 g/mol. The fraction of sp³-hybridized carbons (Fsp3) is 0.511. The summed E-state index contributed by atoms with van der Waals surface area (Å²) in [6.45, 7) is 22.4. The number of benzene rings is 2. The molecule has 63 heavy (non-hydrogen) atoms. The Labute approximate surface area is 370 Å². The maximum absolute atomic E-state index is 15.9. The van der Waals surface area contributed by atoms with Crippen molar-refractivity contribution in [2.75, 3.05) is 58.2 Å². The second kappa shape index (κ2) is 18.5. The number of likely N-dealkylation sites (tertiary alicyclic amines) is 2. The summed E-state index contributed by atoms with van der Waals surface area (Å²) in [6.07, 6.45) is 8.92. The van der Waals surface area contributed by atoms with Crippen LogP contribution in [0.25, 0.3) is 28.0 Å². The van der Waals surface area contributed by atoms with Gasteiger partial charge in [-0.2, -0.15) is 5.10 Å². The smallest absolute Gasteiger partial charge is 0.410 e. The lowest BCUT2D eigenvalue weighted by Crippen LogP contribution is -2.60. The van der Waals surface area contributed by atoms with Gasteiger partial charge in [0.2, 0.25) is 0 Å². The summed E-state index contributed by atoms with van der Waals surface area (Å²) < 4.78 is 47.4. The van der Waals surface area contributed by atoms with Gasteiger partial charge >= 0.3 is 6.09 Å². The van der Waals surface area contributed by atoms with Crippen molar-refractivity contribution in [3.63, 3.8) is 0 Å². The molecule has 0 radical (unpaired) electrons. The van der Waals surface area contributed by atoms with Crippen molar-refractivity contribution in [3.05, 3.63) is 83.6 Å². The number of halogens is 2. The quantitative estimate of drug-likeness (QED) is 0.0607. The zero-order chi connectivity index (χ0) is 45.3. The fourth-order valence-corrected chi connectivity index (χ4v) is 9.37. The first kappa shape index (κ1) is 45.8. The molecule has 16 heteroatoms. The zero-order valence-corrected chi connectivity index (χ0v) is 39.4. The number of nitrogens with one attached hydrogen (secondary N) is 2. The van der Waals surface area contributed by atoms with Gasteiger partial charge in [0.1, 0.15) is 12.3 Å². The number of carbonyl (C=O) groups excluding carboxylic acids is 2. The number of quaternary nitrogens is 1. The molecule has 2 aromatic carbocycles. The summed E-state index contributed by atoms with van der Waals surface area (Å²) in [7, 11) is 1.07. The Morgan fingerprint density at radius 2 is 1.70 bits per heavy atom. The van der Waals surface area contributed by atoms with Crippen LogP contribution in [0.4, 0.5) is 25.1 Å². The first-order valence-corrected chi connectivity index (χ1v) is 25.9. The largest absolute Gasteiger partial charge is 0.444 e. The van der Waals surface area contributed by atoms with Crippen LogP contribution in [0.3, 0.4) is 0 Å². The molecule has 2 saturated heterocycles. The standard InChI is InChI=1S/C47H63F2N9O4Si/c1-10-34-23-35(11-12-36(34)45(59)52-24-32-15-19-58(6,20-16-32)29-33-26-55(27-33)46(60)62-47(3,4)5)53-43-44-51-25-40(57(44)18-17-50-43)38-14-13-37(41(48)42(38)49)39-28-56(54-31(39)2)30-61-21-22-63(7,8)9/h11-14,17-18,23,25,28,32-33H,10,15-16,19-22,24,26-27,29-30H2,1-9H3,(H-,50,52,53,59)/p+1. The fourth-order valence-electron chi connectivity index (χ4n) is 8.62. The minimum absolute atomic E-state index is 0.0624. The van der Waals surface area contributed by atoms with Crippen LogP contribution in [0.15, 0.2) is 55.1 Å².